The third-order valence-electron chi connectivity index (χ3n) is 3.91. The number of hydrogen-bond donors (Lipinski definition) is 1. The van der Waals surface area contributed by atoms with E-state index in [9.17, 15) is 9.59 Å². The molecule has 0 fully saturated rings. The normalized spacial score (nSPS) is 11.0. The standard InChI is InChI=1S/C17H13ClN6O2S/c1-23-20-7-12(22-23)16-10(18)9-27-17(16)21-14(25)8-24-13-3-2-6-19-11(13)4-5-15(24)26/h2-7,9H,8H2,1H3,(H,21,25). The molecule has 0 radical (unpaired) electrons. The van der Waals surface area contributed by atoms with Crippen LogP contribution in [0.4, 0.5) is 5.00 Å². The van der Waals surface area contributed by atoms with E-state index in [1.807, 2.05) is 0 Å². The van der Waals surface area contributed by atoms with Crippen molar-refractivity contribution in [1.82, 2.24) is 24.5 Å². The van der Waals surface area contributed by atoms with Gasteiger partial charge in [0, 0.05) is 24.7 Å². The first-order chi connectivity index (χ1) is 13.0. The van der Waals surface area contributed by atoms with Crippen molar-refractivity contribution >= 4 is 44.9 Å². The molecule has 0 spiro atoms. The van der Waals surface area contributed by atoms with Crippen LogP contribution in [-0.4, -0.2) is 30.5 Å². The summed E-state index contributed by atoms with van der Waals surface area (Å²) < 4.78 is 1.38. The minimum absolute atomic E-state index is 0.142. The molecule has 4 rings (SSSR count). The largest absolute Gasteiger partial charge is 0.316 e. The van der Waals surface area contributed by atoms with Crippen LogP contribution < -0.4 is 10.9 Å². The number of anilines is 1. The lowest BCUT2D eigenvalue weighted by Gasteiger charge is -2.10. The van der Waals surface area contributed by atoms with Crippen molar-refractivity contribution in [3.63, 3.8) is 0 Å². The number of aryl methyl sites for hydroxylation is 1. The van der Waals surface area contributed by atoms with Gasteiger partial charge in [0.1, 0.15) is 17.2 Å². The molecule has 8 nitrogen and oxygen atoms in total. The number of aromatic nitrogens is 5. The number of hydrogen-bond acceptors (Lipinski definition) is 6. The summed E-state index contributed by atoms with van der Waals surface area (Å²) in [6, 6.07) is 6.51. The lowest BCUT2D eigenvalue weighted by Crippen LogP contribution is -2.27. The van der Waals surface area contributed by atoms with Crippen molar-refractivity contribution < 1.29 is 4.79 Å². The van der Waals surface area contributed by atoms with Gasteiger partial charge in [-0.1, -0.05) is 11.6 Å². The number of carbonyl (C=O) groups excluding carboxylic acids is 1. The van der Waals surface area contributed by atoms with Crippen LogP contribution in [0.15, 0.2) is 46.8 Å². The van der Waals surface area contributed by atoms with Crippen molar-refractivity contribution in [2.45, 2.75) is 6.54 Å². The van der Waals surface area contributed by atoms with E-state index >= 15 is 0 Å². The lowest BCUT2D eigenvalue weighted by molar-refractivity contribution is -0.116. The zero-order valence-electron chi connectivity index (χ0n) is 14.1. The van der Waals surface area contributed by atoms with Crippen LogP contribution in [0.2, 0.25) is 5.02 Å². The quantitative estimate of drug-likeness (QED) is 0.568. The van der Waals surface area contributed by atoms with Gasteiger partial charge in [0.25, 0.3) is 5.56 Å². The summed E-state index contributed by atoms with van der Waals surface area (Å²) in [5, 5.41) is 13.8. The predicted molar refractivity (Wildman–Crippen MR) is 104 cm³/mol. The second-order valence-corrected chi connectivity index (χ2v) is 7.01. The second-order valence-electron chi connectivity index (χ2n) is 5.72. The Morgan fingerprint density at radius 3 is 2.96 bits per heavy atom. The highest BCUT2D eigenvalue weighted by atomic mass is 35.5. The van der Waals surface area contributed by atoms with Crippen LogP contribution in [0, 0.1) is 0 Å². The number of nitrogens with zero attached hydrogens (tertiary/aromatic N) is 5. The topological polar surface area (TPSA) is 94.7 Å². The number of halogens is 1. The van der Waals surface area contributed by atoms with Crippen molar-refractivity contribution in [2.75, 3.05) is 5.32 Å². The summed E-state index contributed by atoms with van der Waals surface area (Å²) in [6.07, 6.45) is 3.21. The Bertz CT molecular complexity index is 1210. The van der Waals surface area contributed by atoms with Crippen LogP contribution in [-0.2, 0) is 18.4 Å². The smallest absolute Gasteiger partial charge is 0.251 e. The monoisotopic (exact) mass is 400 g/mol. The molecule has 0 atom stereocenters. The third kappa shape index (κ3) is 3.34. The van der Waals surface area contributed by atoms with Gasteiger partial charge in [-0.3, -0.25) is 19.1 Å². The first kappa shape index (κ1) is 17.4. The molecule has 27 heavy (non-hydrogen) atoms. The summed E-state index contributed by atoms with van der Waals surface area (Å²) in [7, 11) is 1.70. The number of pyridine rings is 2. The van der Waals surface area contributed by atoms with Gasteiger partial charge in [-0.05, 0) is 18.2 Å². The maximum atomic E-state index is 12.6. The SMILES string of the molecule is Cn1ncc(-c2c(Cl)csc2NC(=O)Cn2c(=O)ccc3ncccc32)n1. The number of carbonyl (C=O) groups is 1. The van der Waals surface area contributed by atoms with E-state index in [0.29, 0.717) is 32.3 Å². The average Bonchev–Trinajstić information content (AvgIpc) is 3.23. The van der Waals surface area contributed by atoms with Crippen LogP contribution >= 0.6 is 22.9 Å². The van der Waals surface area contributed by atoms with Gasteiger partial charge >= 0.3 is 0 Å². The highest BCUT2D eigenvalue weighted by Gasteiger charge is 2.18. The van der Waals surface area contributed by atoms with Gasteiger partial charge < -0.3 is 5.32 Å². The number of fused-ring (bicyclic) bond motifs is 1. The zero-order chi connectivity index (χ0) is 19.0. The molecule has 4 aromatic heterocycles. The minimum Gasteiger partial charge on any atom is -0.316 e. The first-order valence-electron chi connectivity index (χ1n) is 7.91. The highest BCUT2D eigenvalue weighted by molar-refractivity contribution is 7.15. The lowest BCUT2D eigenvalue weighted by atomic mass is 10.2. The molecule has 10 heteroatoms. The molecule has 0 aromatic carbocycles. The maximum absolute atomic E-state index is 12.6. The Hall–Kier alpha value is -3.04. The number of amides is 1. The summed E-state index contributed by atoms with van der Waals surface area (Å²) in [5.74, 6) is -0.350. The van der Waals surface area contributed by atoms with E-state index in [2.05, 4.69) is 20.5 Å². The fourth-order valence-corrected chi connectivity index (χ4v) is 3.95. The van der Waals surface area contributed by atoms with E-state index in [4.69, 9.17) is 11.6 Å². The van der Waals surface area contributed by atoms with Gasteiger partial charge in [-0.15, -0.1) is 11.3 Å². The number of thiophene rings is 1. The van der Waals surface area contributed by atoms with Gasteiger partial charge in [-0.25, -0.2) is 0 Å². The van der Waals surface area contributed by atoms with Crippen molar-refractivity contribution in [2.24, 2.45) is 7.05 Å². The molecule has 136 valence electrons. The molecule has 0 unspecified atom stereocenters. The van der Waals surface area contributed by atoms with Gasteiger partial charge in [0.05, 0.1) is 27.8 Å². The molecule has 1 amide bonds. The van der Waals surface area contributed by atoms with E-state index in [-0.39, 0.29) is 18.0 Å². The van der Waals surface area contributed by atoms with E-state index in [1.165, 1.54) is 26.8 Å². The third-order valence-corrected chi connectivity index (χ3v) is 5.24. The average molecular weight is 401 g/mol. The predicted octanol–water partition coefficient (Wildman–Crippen LogP) is 2.55. The fraction of sp³-hybridized carbons (Fsp3) is 0.118. The van der Waals surface area contributed by atoms with Crippen molar-refractivity contribution in [3.05, 3.63) is 57.4 Å². The molecule has 1 N–H and O–H groups in total. The van der Waals surface area contributed by atoms with Crippen LogP contribution in [0.3, 0.4) is 0 Å². The Kier molecular flexibility index (Phi) is 4.46. The Labute approximate surface area is 162 Å². The maximum Gasteiger partial charge on any atom is 0.251 e. The second kappa shape index (κ2) is 6.93. The summed E-state index contributed by atoms with van der Waals surface area (Å²) in [5.41, 5.74) is 2.13. The highest BCUT2D eigenvalue weighted by Crippen LogP contribution is 2.39. The Morgan fingerprint density at radius 2 is 2.19 bits per heavy atom. The first-order valence-corrected chi connectivity index (χ1v) is 9.17. The van der Waals surface area contributed by atoms with Crippen molar-refractivity contribution in [3.8, 4) is 11.3 Å². The minimum atomic E-state index is -0.350. The molecular formula is C17H13ClN6O2S. The molecule has 0 saturated heterocycles. The van der Waals surface area contributed by atoms with Crippen LogP contribution in [0.1, 0.15) is 0 Å². The molecule has 0 bridgehead atoms. The van der Waals surface area contributed by atoms with E-state index < -0.39 is 0 Å². The summed E-state index contributed by atoms with van der Waals surface area (Å²) in [4.78, 5) is 30.5. The number of nitrogens with one attached hydrogen (secondary N) is 1. The molecule has 0 saturated carbocycles. The molecular weight excluding hydrogens is 388 g/mol. The molecule has 0 aliphatic rings. The van der Waals surface area contributed by atoms with Crippen LogP contribution in [0.5, 0.6) is 0 Å². The van der Waals surface area contributed by atoms with E-state index in [0.717, 1.165) is 0 Å². The molecule has 0 aliphatic heterocycles. The fourth-order valence-electron chi connectivity index (χ4n) is 2.73. The van der Waals surface area contributed by atoms with Crippen molar-refractivity contribution in [1.29, 1.82) is 0 Å². The van der Waals surface area contributed by atoms with Gasteiger partial charge in [0.15, 0.2) is 0 Å². The summed E-state index contributed by atoms with van der Waals surface area (Å²) in [6.45, 7) is -0.142. The van der Waals surface area contributed by atoms with E-state index in [1.54, 1.807) is 43.0 Å². The molecule has 4 heterocycles. The zero-order valence-corrected chi connectivity index (χ0v) is 15.7. The Morgan fingerprint density at radius 1 is 1.33 bits per heavy atom. The summed E-state index contributed by atoms with van der Waals surface area (Å²) >= 11 is 7.54. The van der Waals surface area contributed by atoms with Gasteiger partial charge in [0.2, 0.25) is 5.91 Å². The van der Waals surface area contributed by atoms with Crippen LogP contribution in [0.25, 0.3) is 22.3 Å². The van der Waals surface area contributed by atoms with Gasteiger partial charge in [-0.2, -0.15) is 15.0 Å². The number of rotatable bonds is 4. The Balaban J connectivity index is 1.64. The molecule has 4 aromatic rings. The molecule has 0 aliphatic carbocycles.